The van der Waals surface area contributed by atoms with E-state index in [-0.39, 0.29) is 11.8 Å². The minimum Gasteiger partial charge on any atom is -0.462 e. The summed E-state index contributed by atoms with van der Waals surface area (Å²) in [5, 5.41) is 2.89. The Morgan fingerprint density at radius 2 is 2.10 bits per heavy atom. The van der Waals surface area contributed by atoms with Gasteiger partial charge in [0.05, 0.1) is 12.3 Å². The summed E-state index contributed by atoms with van der Waals surface area (Å²) >= 11 is 0. The molecule has 2 fully saturated rings. The molecule has 3 rings (SSSR count). The van der Waals surface area contributed by atoms with Crippen molar-refractivity contribution in [1.29, 1.82) is 0 Å². The fourth-order valence-corrected chi connectivity index (χ4v) is 3.52. The molecule has 2 unspecified atom stereocenters. The number of hydrogen-bond acceptors (Lipinski definition) is 3. The molecule has 0 aliphatic heterocycles. The number of nitrogens with one attached hydrogen (secondary N) is 2. The lowest BCUT2D eigenvalue weighted by Crippen LogP contribution is -2.18. The summed E-state index contributed by atoms with van der Waals surface area (Å²) in [7, 11) is 0. The molecule has 2 aliphatic rings. The van der Waals surface area contributed by atoms with Crippen LogP contribution in [-0.4, -0.2) is 23.5 Å². The van der Waals surface area contributed by atoms with Crippen LogP contribution in [-0.2, 0) is 9.53 Å². The number of hydrogen-bond donors (Lipinski definition) is 2. The van der Waals surface area contributed by atoms with E-state index in [0.29, 0.717) is 29.7 Å². The molecule has 5 heteroatoms. The quantitative estimate of drug-likeness (QED) is 0.830. The first-order valence-corrected chi connectivity index (χ1v) is 7.29. The van der Waals surface area contributed by atoms with Crippen LogP contribution in [0.1, 0.15) is 42.2 Å². The van der Waals surface area contributed by atoms with E-state index in [1.807, 2.05) is 0 Å². The maximum absolute atomic E-state index is 12.3. The Morgan fingerprint density at radius 3 is 2.75 bits per heavy atom. The molecular weight excluding hydrogens is 256 g/mol. The molecular formula is C15H20N2O3. The molecule has 108 valence electrons. The molecule has 0 saturated heterocycles. The Balaban J connectivity index is 1.71. The van der Waals surface area contributed by atoms with Crippen LogP contribution < -0.4 is 5.32 Å². The van der Waals surface area contributed by atoms with Crippen LogP contribution in [0, 0.1) is 24.7 Å². The number of carbonyl (C=O) groups excluding carboxylic acids is 2. The predicted octanol–water partition coefficient (Wildman–Crippen LogP) is 2.48. The molecule has 0 bridgehead atoms. The van der Waals surface area contributed by atoms with Crippen molar-refractivity contribution in [1.82, 2.24) is 4.98 Å². The number of aryl methyl sites for hydroxylation is 1. The van der Waals surface area contributed by atoms with Crippen molar-refractivity contribution in [3.63, 3.8) is 0 Å². The maximum atomic E-state index is 12.3. The Bertz CT molecular complexity index is 539. The lowest BCUT2D eigenvalue weighted by Gasteiger charge is -2.08. The van der Waals surface area contributed by atoms with Crippen LogP contribution in [0.3, 0.4) is 0 Å². The highest BCUT2D eigenvalue weighted by Crippen LogP contribution is 2.57. The normalized spacial score (nSPS) is 27.0. The Kier molecular flexibility index (Phi) is 3.28. The van der Waals surface area contributed by atoms with Gasteiger partial charge in [0.1, 0.15) is 5.56 Å². The first-order chi connectivity index (χ1) is 9.63. The second-order valence-corrected chi connectivity index (χ2v) is 5.70. The van der Waals surface area contributed by atoms with E-state index in [2.05, 4.69) is 10.3 Å². The van der Waals surface area contributed by atoms with E-state index in [4.69, 9.17) is 4.74 Å². The van der Waals surface area contributed by atoms with Crippen molar-refractivity contribution < 1.29 is 14.3 Å². The van der Waals surface area contributed by atoms with E-state index >= 15 is 0 Å². The van der Waals surface area contributed by atoms with E-state index in [1.165, 1.54) is 19.3 Å². The highest BCUT2D eigenvalue weighted by atomic mass is 16.5. The standard InChI is InChI=1S/C15H20N2O3/c1-3-20-15(19)12-8(2)16-7-11(12)17-14(18)13-9-5-4-6-10(9)13/h7,9-10,13,16H,3-6H2,1-2H3,(H,17,18). The van der Waals surface area contributed by atoms with Gasteiger partial charge in [-0.2, -0.15) is 0 Å². The predicted molar refractivity (Wildman–Crippen MR) is 74.4 cm³/mol. The van der Waals surface area contributed by atoms with Crippen LogP contribution in [0.2, 0.25) is 0 Å². The third kappa shape index (κ3) is 2.11. The van der Waals surface area contributed by atoms with Crippen LogP contribution in [0.15, 0.2) is 6.20 Å². The number of carbonyl (C=O) groups is 2. The second-order valence-electron chi connectivity index (χ2n) is 5.70. The number of ether oxygens (including phenoxy) is 1. The second kappa shape index (κ2) is 4.96. The summed E-state index contributed by atoms with van der Waals surface area (Å²) in [5.41, 5.74) is 1.69. The number of anilines is 1. The first kappa shape index (κ1) is 13.2. The number of amides is 1. The SMILES string of the molecule is CCOC(=O)c1c(NC(=O)C2C3CCCC32)c[nH]c1C. The molecule has 20 heavy (non-hydrogen) atoms. The van der Waals surface area contributed by atoms with Gasteiger partial charge in [0.2, 0.25) is 5.91 Å². The Labute approximate surface area is 118 Å². The summed E-state index contributed by atoms with van der Waals surface area (Å²) in [6, 6.07) is 0. The largest absolute Gasteiger partial charge is 0.462 e. The summed E-state index contributed by atoms with van der Waals surface area (Å²) in [6.45, 7) is 3.89. The third-order valence-corrected chi connectivity index (χ3v) is 4.52. The molecule has 0 spiro atoms. The molecule has 2 aliphatic carbocycles. The highest BCUT2D eigenvalue weighted by molar-refractivity contribution is 6.03. The number of H-pyrrole nitrogens is 1. The molecule has 1 aromatic rings. The van der Waals surface area contributed by atoms with Gasteiger partial charge in [-0.25, -0.2) is 4.79 Å². The number of aromatic amines is 1. The average molecular weight is 276 g/mol. The fraction of sp³-hybridized carbons (Fsp3) is 0.600. The minimum absolute atomic E-state index is 0.0456. The topological polar surface area (TPSA) is 71.2 Å². The van der Waals surface area contributed by atoms with Crippen molar-refractivity contribution in [3.8, 4) is 0 Å². The minimum atomic E-state index is -0.391. The lowest BCUT2D eigenvalue weighted by molar-refractivity contribution is -0.118. The molecule has 2 atom stereocenters. The lowest BCUT2D eigenvalue weighted by atomic mass is 10.1. The number of aromatic nitrogens is 1. The molecule has 0 aromatic carbocycles. The summed E-state index contributed by atoms with van der Waals surface area (Å²) in [4.78, 5) is 27.1. The number of rotatable bonds is 4. The van der Waals surface area contributed by atoms with Crippen molar-refractivity contribution >= 4 is 17.6 Å². The molecule has 0 radical (unpaired) electrons. The van der Waals surface area contributed by atoms with Gasteiger partial charge in [0.25, 0.3) is 0 Å². The Morgan fingerprint density at radius 1 is 1.40 bits per heavy atom. The fourth-order valence-electron chi connectivity index (χ4n) is 3.52. The van der Waals surface area contributed by atoms with Crippen LogP contribution >= 0.6 is 0 Å². The van der Waals surface area contributed by atoms with Gasteiger partial charge in [-0.1, -0.05) is 6.42 Å². The molecule has 1 aromatic heterocycles. The summed E-state index contributed by atoms with van der Waals surface area (Å²) in [5.74, 6) is 0.943. The van der Waals surface area contributed by atoms with E-state index < -0.39 is 5.97 Å². The van der Waals surface area contributed by atoms with Crippen molar-refractivity contribution in [2.45, 2.75) is 33.1 Å². The van der Waals surface area contributed by atoms with Gasteiger partial charge in [0.15, 0.2) is 0 Å². The van der Waals surface area contributed by atoms with E-state index in [0.717, 1.165) is 5.69 Å². The van der Waals surface area contributed by atoms with Gasteiger partial charge < -0.3 is 15.0 Å². The van der Waals surface area contributed by atoms with Crippen molar-refractivity contribution in [3.05, 3.63) is 17.5 Å². The van der Waals surface area contributed by atoms with Crippen LogP contribution in [0.4, 0.5) is 5.69 Å². The maximum Gasteiger partial charge on any atom is 0.342 e. The monoisotopic (exact) mass is 276 g/mol. The summed E-state index contributed by atoms with van der Waals surface area (Å²) < 4.78 is 5.03. The zero-order valence-corrected chi connectivity index (χ0v) is 11.9. The molecule has 5 nitrogen and oxygen atoms in total. The third-order valence-electron chi connectivity index (χ3n) is 4.52. The Hall–Kier alpha value is -1.78. The van der Waals surface area contributed by atoms with E-state index in [1.54, 1.807) is 20.0 Å². The van der Waals surface area contributed by atoms with Gasteiger partial charge >= 0.3 is 5.97 Å². The zero-order chi connectivity index (χ0) is 14.3. The first-order valence-electron chi connectivity index (χ1n) is 7.29. The van der Waals surface area contributed by atoms with Gasteiger partial charge in [0, 0.05) is 17.8 Å². The van der Waals surface area contributed by atoms with Crippen molar-refractivity contribution in [2.24, 2.45) is 17.8 Å². The molecule has 2 N–H and O–H groups in total. The average Bonchev–Trinajstić information content (AvgIpc) is 2.73. The van der Waals surface area contributed by atoms with Crippen molar-refractivity contribution in [2.75, 3.05) is 11.9 Å². The number of fused-ring (bicyclic) bond motifs is 1. The van der Waals surface area contributed by atoms with Crippen LogP contribution in [0.25, 0.3) is 0 Å². The van der Waals surface area contributed by atoms with Gasteiger partial charge in [-0.15, -0.1) is 0 Å². The van der Waals surface area contributed by atoms with E-state index in [9.17, 15) is 9.59 Å². The molecule has 1 amide bonds. The van der Waals surface area contributed by atoms with Gasteiger partial charge in [-0.3, -0.25) is 4.79 Å². The smallest absolute Gasteiger partial charge is 0.342 e. The zero-order valence-electron chi connectivity index (χ0n) is 11.9. The molecule has 1 heterocycles. The summed E-state index contributed by atoms with van der Waals surface area (Å²) in [6.07, 6.45) is 5.24. The highest BCUT2D eigenvalue weighted by Gasteiger charge is 2.56. The van der Waals surface area contributed by atoms with Crippen LogP contribution in [0.5, 0.6) is 0 Å². The molecule has 2 saturated carbocycles. The van der Waals surface area contributed by atoms with Gasteiger partial charge in [-0.05, 0) is 38.5 Å². The number of esters is 1.